The summed E-state index contributed by atoms with van der Waals surface area (Å²) in [4.78, 5) is 1.02. The van der Waals surface area contributed by atoms with Crippen molar-refractivity contribution >= 4 is 21.4 Å². The summed E-state index contributed by atoms with van der Waals surface area (Å²) in [7, 11) is -3.60. The second kappa shape index (κ2) is 7.37. The van der Waals surface area contributed by atoms with Gasteiger partial charge in [-0.1, -0.05) is 25.5 Å². The molecule has 0 radical (unpaired) electrons. The minimum atomic E-state index is -3.60. The number of hydrogen-bond acceptors (Lipinski definition) is 4. The van der Waals surface area contributed by atoms with E-state index in [0.29, 0.717) is 0 Å². The Morgan fingerprint density at radius 3 is 2.45 bits per heavy atom. The Morgan fingerprint density at radius 2 is 1.91 bits per heavy atom. The standard InChI is InChI=1S/C16H21NO3S2/c1-3-4-13-5-7-14(8-6-13)22(19,20)17-11-15(18)16-12(2)9-10-21-16/h5-10,15,17-18H,3-4,11H2,1-2H3. The number of nitrogens with one attached hydrogen (secondary N) is 1. The number of rotatable bonds is 7. The molecule has 2 rings (SSSR count). The molecule has 6 heteroatoms. The average molecular weight is 339 g/mol. The lowest BCUT2D eigenvalue weighted by Crippen LogP contribution is -2.28. The summed E-state index contributed by atoms with van der Waals surface area (Å²) in [6, 6.07) is 8.78. The van der Waals surface area contributed by atoms with Crippen LogP contribution >= 0.6 is 11.3 Å². The van der Waals surface area contributed by atoms with E-state index >= 15 is 0 Å². The van der Waals surface area contributed by atoms with Crippen LogP contribution in [-0.2, 0) is 16.4 Å². The highest BCUT2D eigenvalue weighted by molar-refractivity contribution is 7.89. The lowest BCUT2D eigenvalue weighted by Gasteiger charge is -2.12. The van der Waals surface area contributed by atoms with Gasteiger partial charge < -0.3 is 5.11 Å². The fraction of sp³-hybridized carbons (Fsp3) is 0.375. The van der Waals surface area contributed by atoms with E-state index in [1.165, 1.54) is 11.3 Å². The molecule has 0 aliphatic carbocycles. The third kappa shape index (κ3) is 4.16. The molecule has 0 aliphatic rings. The molecule has 0 saturated heterocycles. The predicted octanol–water partition coefficient (Wildman–Crippen LogP) is 3.02. The van der Waals surface area contributed by atoms with E-state index in [9.17, 15) is 13.5 Å². The van der Waals surface area contributed by atoms with Gasteiger partial charge in [-0.3, -0.25) is 0 Å². The van der Waals surface area contributed by atoms with Crippen LogP contribution in [0.3, 0.4) is 0 Å². The van der Waals surface area contributed by atoms with E-state index in [1.807, 2.05) is 30.5 Å². The Kier molecular flexibility index (Phi) is 5.74. The Balaban J connectivity index is 2.03. The van der Waals surface area contributed by atoms with Crippen molar-refractivity contribution in [1.29, 1.82) is 0 Å². The first-order valence-electron chi connectivity index (χ1n) is 7.24. The number of thiophene rings is 1. The van der Waals surface area contributed by atoms with Crippen molar-refractivity contribution < 1.29 is 13.5 Å². The number of aryl methyl sites for hydroxylation is 2. The second-order valence-electron chi connectivity index (χ2n) is 5.23. The van der Waals surface area contributed by atoms with Crippen LogP contribution in [0.25, 0.3) is 0 Å². The molecule has 0 aliphatic heterocycles. The quantitative estimate of drug-likeness (QED) is 0.815. The first-order chi connectivity index (χ1) is 10.4. The van der Waals surface area contributed by atoms with Crippen molar-refractivity contribution in [3.05, 3.63) is 51.7 Å². The molecule has 0 fully saturated rings. The lowest BCUT2D eigenvalue weighted by molar-refractivity contribution is 0.185. The van der Waals surface area contributed by atoms with Gasteiger partial charge in [-0.25, -0.2) is 13.1 Å². The number of benzene rings is 1. The van der Waals surface area contributed by atoms with Crippen LogP contribution in [0, 0.1) is 6.92 Å². The first kappa shape index (κ1) is 17.1. The molecule has 120 valence electrons. The fourth-order valence-electron chi connectivity index (χ4n) is 2.21. The normalized spacial score (nSPS) is 13.2. The van der Waals surface area contributed by atoms with Crippen LogP contribution in [0.15, 0.2) is 40.6 Å². The summed E-state index contributed by atoms with van der Waals surface area (Å²) < 4.78 is 27.0. The van der Waals surface area contributed by atoms with Gasteiger partial charge in [0.2, 0.25) is 10.0 Å². The molecule has 0 bridgehead atoms. The maximum Gasteiger partial charge on any atom is 0.240 e. The summed E-state index contributed by atoms with van der Waals surface area (Å²) in [5.74, 6) is 0. The summed E-state index contributed by atoms with van der Waals surface area (Å²) >= 11 is 1.43. The van der Waals surface area contributed by atoms with Crippen LogP contribution in [0.4, 0.5) is 0 Å². The topological polar surface area (TPSA) is 66.4 Å². The summed E-state index contributed by atoms with van der Waals surface area (Å²) in [6.45, 7) is 3.95. The van der Waals surface area contributed by atoms with Crippen LogP contribution in [-0.4, -0.2) is 20.1 Å². The molecular formula is C16H21NO3S2. The molecule has 4 nitrogen and oxygen atoms in total. The number of aliphatic hydroxyl groups excluding tert-OH is 1. The Labute approximate surface area is 135 Å². The minimum absolute atomic E-state index is 0.0274. The third-order valence-corrected chi connectivity index (χ3v) is 6.00. The van der Waals surface area contributed by atoms with E-state index in [1.54, 1.807) is 12.1 Å². The van der Waals surface area contributed by atoms with E-state index in [0.717, 1.165) is 28.8 Å². The van der Waals surface area contributed by atoms with Gasteiger partial charge in [0.15, 0.2) is 0 Å². The zero-order valence-corrected chi connectivity index (χ0v) is 14.4. The van der Waals surface area contributed by atoms with Gasteiger partial charge >= 0.3 is 0 Å². The maximum atomic E-state index is 12.2. The van der Waals surface area contributed by atoms with Crippen molar-refractivity contribution in [2.24, 2.45) is 0 Å². The van der Waals surface area contributed by atoms with E-state index in [2.05, 4.69) is 11.6 Å². The van der Waals surface area contributed by atoms with E-state index in [-0.39, 0.29) is 11.4 Å². The molecular weight excluding hydrogens is 318 g/mol. The molecule has 2 N–H and O–H groups in total. The molecule has 1 unspecified atom stereocenters. The fourth-order valence-corrected chi connectivity index (χ4v) is 4.17. The minimum Gasteiger partial charge on any atom is -0.386 e. The van der Waals surface area contributed by atoms with Crippen molar-refractivity contribution in [3.63, 3.8) is 0 Å². The highest BCUT2D eigenvalue weighted by Gasteiger charge is 2.18. The van der Waals surface area contributed by atoms with E-state index < -0.39 is 16.1 Å². The Morgan fingerprint density at radius 1 is 1.23 bits per heavy atom. The molecule has 1 aromatic carbocycles. The van der Waals surface area contributed by atoms with Gasteiger partial charge in [0, 0.05) is 11.4 Å². The number of sulfonamides is 1. The maximum absolute atomic E-state index is 12.2. The van der Waals surface area contributed by atoms with Gasteiger partial charge in [-0.2, -0.15) is 0 Å². The lowest BCUT2D eigenvalue weighted by atomic mass is 10.1. The van der Waals surface area contributed by atoms with Crippen molar-refractivity contribution in [2.75, 3.05) is 6.54 Å². The molecule has 1 heterocycles. The van der Waals surface area contributed by atoms with Gasteiger partial charge in [0.25, 0.3) is 0 Å². The predicted molar refractivity (Wildman–Crippen MR) is 89.6 cm³/mol. The SMILES string of the molecule is CCCc1ccc(S(=O)(=O)NCC(O)c2sccc2C)cc1. The first-order valence-corrected chi connectivity index (χ1v) is 9.61. The average Bonchev–Trinajstić information content (AvgIpc) is 2.92. The highest BCUT2D eigenvalue weighted by atomic mass is 32.2. The van der Waals surface area contributed by atoms with Crippen molar-refractivity contribution in [3.8, 4) is 0 Å². The van der Waals surface area contributed by atoms with Crippen molar-refractivity contribution in [1.82, 2.24) is 4.72 Å². The largest absolute Gasteiger partial charge is 0.386 e. The summed E-state index contributed by atoms with van der Waals surface area (Å²) in [5, 5.41) is 12.0. The molecule has 0 saturated carbocycles. The van der Waals surface area contributed by atoms with Gasteiger partial charge in [-0.15, -0.1) is 11.3 Å². The van der Waals surface area contributed by atoms with Gasteiger partial charge in [0.05, 0.1) is 4.90 Å². The molecule has 22 heavy (non-hydrogen) atoms. The van der Waals surface area contributed by atoms with Crippen molar-refractivity contribution in [2.45, 2.75) is 37.7 Å². The van der Waals surface area contributed by atoms with E-state index in [4.69, 9.17) is 0 Å². The van der Waals surface area contributed by atoms with Crippen LogP contribution in [0.2, 0.25) is 0 Å². The third-order valence-electron chi connectivity index (χ3n) is 3.44. The van der Waals surface area contributed by atoms with Gasteiger partial charge in [-0.05, 0) is 48.1 Å². The zero-order valence-electron chi connectivity index (χ0n) is 12.7. The molecule has 1 aromatic heterocycles. The summed E-state index contributed by atoms with van der Waals surface area (Å²) in [5.41, 5.74) is 2.09. The smallest absolute Gasteiger partial charge is 0.240 e. The zero-order chi connectivity index (χ0) is 16.2. The molecule has 0 amide bonds. The monoisotopic (exact) mass is 339 g/mol. The van der Waals surface area contributed by atoms with Crippen LogP contribution < -0.4 is 4.72 Å². The highest BCUT2D eigenvalue weighted by Crippen LogP contribution is 2.23. The molecule has 0 spiro atoms. The number of hydrogen-bond donors (Lipinski definition) is 2. The van der Waals surface area contributed by atoms with Crippen LogP contribution in [0.1, 0.15) is 35.5 Å². The second-order valence-corrected chi connectivity index (χ2v) is 7.94. The Hall–Kier alpha value is -1.21. The molecule has 1 atom stereocenters. The Bertz CT molecular complexity index is 705. The number of aliphatic hydroxyl groups is 1. The van der Waals surface area contributed by atoms with Gasteiger partial charge in [0.1, 0.15) is 6.10 Å². The van der Waals surface area contributed by atoms with Crippen LogP contribution in [0.5, 0.6) is 0 Å². The molecule has 2 aromatic rings. The summed E-state index contributed by atoms with van der Waals surface area (Å²) in [6.07, 6.45) is 1.13.